The molecule has 0 N–H and O–H groups in total. The van der Waals surface area contributed by atoms with Crippen molar-refractivity contribution in [3.05, 3.63) is 40.7 Å². The zero-order chi connectivity index (χ0) is 16.1. The average Bonchev–Trinajstić information content (AvgIpc) is 3.05. The summed E-state index contributed by atoms with van der Waals surface area (Å²) >= 11 is 1.72. The second kappa shape index (κ2) is 7.70. The van der Waals surface area contributed by atoms with Gasteiger partial charge in [-0.25, -0.2) is 4.98 Å². The van der Waals surface area contributed by atoms with E-state index in [9.17, 15) is 4.79 Å². The maximum atomic E-state index is 11.9. The van der Waals surface area contributed by atoms with Crippen molar-refractivity contribution in [2.75, 3.05) is 26.2 Å². The first-order valence-corrected chi connectivity index (χ1v) is 9.14. The lowest BCUT2D eigenvalue weighted by molar-refractivity contribution is -0.133. The Bertz CT molecular complexity index is 633. The third kappa shape index (κ3) is 4.18. The zero-order valence-corrected chi connectivity index (χ0v) is 14.4. The van der Waals surface area contributed by atoms with Crippen LogP contribution >= 0.6 is 11.3 Å². The van der Waals surface area contributed by atoms with Crippen LogP contribution < -0.4 is 0 Å². The molecule has 3 rings (SSSR count). The Morgan fingerprint density at radius 1 is 1.17 bits per heavy atom. The molecule has 2 heterocycles. The Hall–Kier alpha value is -1.72. The van der Waals surface area contributed by atoms with E-state index in [1.807, 2.05) is 23.1 Å². The van der Waals surface area contributed by atoms with Crippen LogP contribution in [-0.4, -0.2) is 46.9 Å². The van der Waals surface area contributed by atoms with Crippen molar-refractivity contribution in [2.24, 2.45) is 0 Å². The number of aromatic nitrogens is 1. The predicted molar refractivity (Wildman–Crippen MR) is 94.3 cm³/mol. The molecule has 1 aromatic carbocycles. The minimum Gasteiger partial charge on any atom is -0.340 e. The van der Waals surface area contributed by atoms with Gasteiger partial charge in [-0.2, -0.15) is 0 Å². The van der Waals surface area contributed by atoms with Crippen molar-refractivity contribution in [3.8, 4) is 11.3 Å². The van der Waals surface area contributed by atoms with Crippen LogP contribution in [0.2, 0.25) is 0 Å². The van der Waals surface area contributed by atoms with Crippen LogP contribution in [0.3, 0.4) is 0 Å². The van der Waals surface area contributed by atoms with Gasteiger partial charge < -0.3 is 4.90 Å². The summed E-state index contributed by atoms with van der Waals surface area (Å²) in [5.74, 6) is 0.299. The number of nitrogens with zero attached hydrogens (tertiary/aromatic N) is 3. The molecule has 1 aromatic heterocycles. The van der Waals surface area contributed by atoms with E-state index >= 15 is 0 Å². The predicted octanol–water partition coefficient (Wildman–Crippen LogP) is 3.25. The fourth-order valence-electron chi connectivity index (χ4n) is 2.84. The van der Waals surface area contributed by atoms with E-state index in [1.165, 1.54) is 5.56 Å². The highest BCUT2D eigenvalue weighted by molar-refractivity contribution is 7.09. The van der Waals surface area contributed by atoms with Crippen LogP contribution in [0.1, 0.15) is 24.8 Å². The van der Waals surface area contributed by atoms with Crippen molar-refractivity contribution in [3.63, 3.8) is 0 Å². The Labute approximate surface area is 141 Å². The summed E-state index contributed by atoms with van der Waals surface area (Å²) in [6.45, 7) is 6.51. The molecule has 0 bridgehead atoms. The van der Waals surface area contributed by atoms with E-state index in [-0.39, 0.29) is 0 Å². The highest BCUT2D eigenvalue weighted by Gasteiger charge is 2.21. The lowest BCUT2D eigenvalue weighted by atomic mass is 10.2. The van der Waals surface area contributed by atoms with E-state index in [2.05, 4.69) is 29.3 Å². The Balaban J connectivity index is 1.53. The van der Waals surface area contributed by atoms with Gasteiger partial charge in [0.1, 0.15) is 5.01 Å². The van der Waals surface area contributed by atoms with Gasteiger partial charge in [0.2, 0.25) is 5.91 Å². The number of thiazole rings is 1. The summed E-state index contributed by atoms with van der Waals surface area (Å²) in [5, 5.41) is 3.28. The lowest BCUT2D eigenvalue weighted by Gasteiger charge is -2.34. The maximum absolute atomic E-state index is 11.9. The highest BCUT2D eigenvalue weighted by Crippen LogP contribution is 2.22. The molecule has 0 radical (unpaired) electrons. The molecule has 0 aliphatic carbocycles. The molecule has 23 heavy (non-hydrogen) atoms. The second-order valence-corrected chi connectivity index (χ2v) is 6.84. The first kappa shape index (κ1) is 16.1. The van der Waals surface area contributed by atoms with Crippen molar-refractivity contribution >= 4 is 17.2 Å². The molecule has 1 aliphatic heterocycles. The fraction of sp³-hybridized carbons (Fsp3) is 0.444. The summed E-state index contributed by atoms with van der Waals surface area (Å²) < 4.78 is 0. The van der Waals surface area contributed by atoms with Crippen LogP contribution in [0.25, 0.3) is 11.3 Å². The molecule has 1 aliphatic rings. The molecule has 0 saturated carbocycles. The molecular weight excluding hydrogens is 306 g/mol. The Morgan fingerprint density at radius 3 is 2.61 bits per heavy atom. The van der Waals surface area contributed by atoms with Crippen LogP contribution in [0.15, 0.2) is 35.7 Å². The molecule has 1 fully saturated rings. The smallest absolute Gasteiger partial charge is 0.222 e. The standard InChI is InChI=1S/C18H23N3OS/c1-2-6-18(22)21-11-9-20(10-12-21)13-17-19-16(14-23-17)15-7-4-3-5-8-15/h3-5,7-8,14H,2,6,9-13H2,1H3. The first-order valence-electron chi connectivity index (χ1n) is 8.26. The zero-order valence-electron chi connectivity index (χ0n) is 13.6. The Morgan fingerprint density at radius 2 is 1.91 bits per heavy atom. The van der Waals surface area contributed by atoms with Crippen molar-refractivity contribution in [1.29, 1.82) is 0 Å². The van der Waals surface area contributed by atoms with Gasteiger partial charge in [-0.15, -0.1) is 11.3 Å². The number of hydrogen-bond donors (Lipinski definition) is 0. The van der Waals surface area contributed by atoms with E-state index in [0.717, 1.165) is 49.8 Å². The van der Waals surface area contributed by atoms with Crippen molar-refractivity contribution in [2.45, 2.75) is 26.3 Å². The largest absolute Gasteiger partial charge is 0.340 e. The minimum absolute atomic E-state index is 0.299. The van der Waals surface area contributed by atoms with Gasteiger partial charge >= 0.3 is 0 Å². The summed E-state index contributed by atoms with van der Waals surface area (Å²) in [6.07, 6.45) is 1.60. The van der Waals surface area contributed by atoms with E-state index in [0.29, 0.717) is 12.3 Å². The number of piperazine rings is 1. The van der Waals surface area contributed by atoms with Gasteiger partial charge in [0.15, 0.2) is 0 Å². The molecule has 1 saturated heterocycles. The summed E-state index contributed by atoms with van der Waals surface area (Å²) in [7, 11) is 0. The summed E-state index contributed by atoms with van der Waals surface area (Å²) in [5.41, 5.74) is 2.23. The average molecular weight is 329 g/mol. The first-order chi connectivity index (χ1) is 11.3. The SMILES string of the molecule is CCCC(=O)N1CCN(Cc2nc(-c3ccccc3)cs2)CC1. The van der Waals surface area contributed by atoms with Crippen LogP contribution in [0.5, 0.6) is 0 Å². The maximum Gasteiger partial charge on any atom is 0.222 e. The van der Waals surface area contributed by atoms with Crippen molar-refractivity contribution < 1.29 is 4.79 Å². The fourth-order valence-corrected chi connectivity index (χ4v) is 3.69. The molecular formula is C18H23N3OS. The van der Waals surface area contributed by atoms with E-state index in [4.69, 9.17) is 4.98 Å². The van der Waals surface area contributed by atoms with Crippen LogP contribution in [-0.2, 0) is 11.3 Å². The molecule has 4 nitrogen and oxygen atoms in total. The minimum atomic E-state index is 0.299. The van der Waals surface area contributed by atoms with Crippen LogP contribution in [0, 0.1) is 0 Å². The second-order valence-electron chi connectivity index (χ2n) is 5.90. The number of carbonyl (C=O) groups excluding carboxylic acids is 1. The summed E-state index contributed by atoms with van der Waals surface area (Å²) in [4.78, 5) is 21.1. The molecule has 5 heteroatoms. The van der Waals surface area contributed by atoms with Gasteiger partial charge in [0.25, 0.3) is 0 Å². The normalized spacial score (nSPS) is 15.8. The number of hydrogen-bond acceptors (Lipinski definition) is 4. The number of benzene rings is 1. The third-order valence-electron chi connectivity index (χ3n) is 4.17. The monoisotopic (exact) mass is 329 g/mol. The van der Waals surface area contributed by atoms with Gasteiger partial charge in [-0.05, 0) is 6.42 Å². The molecule has 0 atom stereocenters. The number of amides is 1. The van der Waals surface area contributed by atoms with Crippen LogP contribution in [0.4, 0.5) is 0 Å². The van der Waals surface area contributed by atoms with Gasteiger partial charge in [-0.1, -0.05) is 37.3 Å². The number of rotatable bonds is 5. The van der Waals surface area contributed by atoms with Gasteiger partial charge in [-0.3, -0.25) is 9.69 Å². The highest BCUT2D eigenvalue weighted by atomic mass is 32.1. The van der Waals surface area contributed by atoms with Crippen molar-refractivity contribution in [1.82, 2.24) is 14.8 Å². The molecule has 2 aromatic rings. The lowest BCUT2D eigenvalue weighted by Crippen LogP contribution is -2.48. The van der Waals surface area contributed by atoms with E-state index in [1.54, 1.807) is 11.3 Å². The molecule has 1 amide bonds. The topological polar surface area (TPSA) is 36.4 Å². The number of carbonyl (C=O) groups is 1. The molecule has 0 unspecified atom stereocenters. The quantitative estimate of drug-likeness (QED) is 0.845. The summed E-state index contributed by atoms with van der Waals surface area (Å²) in [6, 6.07) is 10.3. The van der Waals surface area contributed by atoms with Gasteiger partial charge in [0, 0.05) is 43.5 Å². The van der Waals surface area contributed by atoms with E-state index < -0.39 is 0 Å². The molecule has 122 valence electrons. The molecule has 0 spiro atoms. The van der Waals surface area contributed by atoms with Gasteiger partial charge in [0.05, 0.1) is 12.2 Å². The third-order valence-corrected chi connectivity index (χ3v) is 5.00. The Kier molecular flexibility index (Phi) is 5.41.